The fourth-order valence-corrected chi connectivity index (χ4v) is 2.63. The van der Waals surface area contributed by atoms with Crippen LogP contribution in [-0.2, 0) is 4.74 Å². The lowest BCUT2D eigenvalue weighted by atomic mass is 10.0. The molecule has 2 rings (SSSR count). The van der Waals surface area contributed by atoms with Gasteiger partial charge in [0.25, 0.3) is 0 Å². The second-order valence-electron chi connectivity index (χ2n) is 5.48. The fraction of sp³-hybridized carbons (Fsp3) is 0.625. The van der Waals surface area contributed by atoms with Gasteiger partial charge in [0.15, 0.2) is 0 Å². The van der Waals surface area contributed by atoms with Gasteiger partial charge in [-0.25, -0.2) is 0 Å². The number of benzene rings is 1. The third-order valence-electron chi connectivity index (χ3n) is 3.89. The van der Waals surface area contributed by atoms with Crippen LogP contribution in [0.3, 0.4) is 0 Å². The Labute approximate surface area is 116 Å². The molecule has 0 aliphatic carbocycles. The molecule has 1 saturated heterocycles. The Morgan fingerprint density at radius 3 is 2.68 bits per heavy atom. The molecular formula is C16H25NO2. The summed E-state index contributed by atoms with van der Waals surface area (Å²) in [6, 6.07) is 8.24. The average molecular weight is 263 g/mol. The van der Waals surface area contributed by atoms with Crippen LogP contribution in [-0.4, -0.2) is 31.9 Å². The van der Waals surface area contributed by atoms with E-state index in [4.69, 9.17) is 4.74 Å². The minimum Gasteiger partial charge on any atom is -0.388 e. The van der Waals surface area contributed by atoms with E-state index < -0.39 is 0 Å². The Hall–Kier alpha value is -1.06. The molecule has 0 spiro atoms. The summed E-state index contributed by atoms with van der Waals surface area (Å²) in [5.74, 6) is 0.639. The Morgan fingerprint density at radius 1 is 1.37 bits per heavy atom. The Balaban J connectivity index is 1.93. The highest BCUT2D eigenvalue weighted by Gasteiger charge is 2.16. The van der Waals surface area contributed by atoms with Gasteiger partial charge in [0.2, 0.25) is 0 Å². The van der Waals surface area contributed by atoms with Gasteiger partial charge in [-0.2, -0.15) is 0 Å². The highest BCUT2D eigenvalue weighted by molar-refractivity contribution is 5.47. The minimum absolute atomic E-state index is 0.342. The molecular weight excluding hydrogens is 238 g/mol. The highest BCUT2D eigenvalue weighted by atomic mass is 16.5. The van der Waals surface area contributed by atoms with Gasteiger partial charge < -0.3 is 14.7 Å². The molecule has 106 valence electrons. The molecule has 19 heavy (non-hydrogen) atoms. The Bertz CT molecular complexity index is 371. The summed E-state index contributed by atoms with van der Waals surface area (Å²) in [7, 11) is 2.12. The van der Waals surface area contributed by atoms with Gasteiger partial charge in [-0.1, -0.05) is 19.1 Å². The standard InChI is InChI=1S/C16H25NO2/c1-3-16(18)14-6-8-15(9-7-14)17(2)11-13-5-4-10-19-12-13/h6-9,13,16,18H,3-5,10-12H2,1-2H3/t13?,16-/m0/s1. The molecule has 1 fully saturated rings. The predicted octanol–water partition coefficient (Wildman–Crippen LogP) is 2.99. The Morgan fingerprint density at radius 2 is 2.11 bits per heavy atom. The van der Waals surface area contributed by atoms with E-state index >= 15 is 0 Å². The van der Waals surface area contributed by atoms with Crippen molar-refractivity contribution < 1.29 is 9.84 Å². The number of anilines is 1. The molecule has 0 bridgehead atoms. The maximum Gasteiger partial charge on any atom is 0.0787 e. The van der Waals surface area contributed by atoms with Gasteiger partial charge in [0.1, 0.15) is 0 Å². The molecule has 3 nitrogen and oxygen atoms in total. The monoisotopic (exact) mass is 263 g/mol. The number of aliphatic hydroxyl groups is 1. The van der Waals surface area contributed by atoms with Crippen LogP contribution >= 0.6 is 0 Å². The van der Waals surface area contributed by atoms with Gasteiger partial charge >= 0.3 is 0 Å². The van der Waals surface area contributed by atoms with E-state index in [1.807, 2.05) is 19.1 Å². The maximum atomic E-state index is 9.79. The van der Waals surface area contributed by atoms with Crippen molar-refractivity contribution in [1.29, 1.82) is 0 Å². The third kappa shape index (κ3) is 3.95. The Kier molecular flexibility index (Phi) is 5.23. The molecule has 0 amide bonds. The topological polar surface area (TPSA) is 32.7 Å². The summed E-state index contributed by atoms with van der Waals surface area (Å²) in [6.45, 7) is 4.84. The van der Waals surface area contributed by atoms with Gasteiger partial charge in [-0.3, -0.25) is 0 Å². The highest BCUT2D eigenvalue weighted by Crippen LogP contribution is 2.22. The second-order valence-corrected chi connectivity index (χ2v) is 5.48. The van der Waals surface area contributed by atoms with Crippen molar-refractivity contribution in [1.82, 2.24) is 0 Å². The van der Waals surface area contributed by atoms with Crippen LogP contribution in [0.4, 0.5) is 5.69 Å². The van der Waals surface area contributed by atoms with Gasteiger partial charge in [0.05, 0.1) is 12.7 Å². The first-order valence-corrected chi connectivity index (χ1v) is 7.27. The van der Waals surface area contributed by atoms with Crippen LogP contribution in [0.2, 0.25) is 0 Å². The third-order valence-corrected chi connectivity index (χ3v) is 3.89. The van der Waals surface area contributed by atoms with Crippen LogP contribution in [0.25, 0.3) is 0 Å². The van der Waals surface area contributed by atoms with Crippen molar-refractivity contribution in [2.24, 2.45) is 5.92 Å². The molecule has 2 atom stereocenters. The van der Waals surface area contributed by atoms with Crippen LogP contribution in [0, 0.1) is 5.92 Å². The minimum atomic E-state index is -0.342. The van der Waals surface area contributed by atoms with Crippen molar-refractivity contribution in [3.63, 3.8) is 0 Å². The smallest absolute Gasteiger partial charge is 0.0787 e. The number of ether oxygens (including phenoxy) is 1. The lowest BCUT2D eigenvalue weighted by molar-refractivity contribution is 0.0576. The molecule has 1 aliphatic heterocycles. The van der Waals surface area contributed by atoms with E-state index in [9.17, 15) is 5.11 Å². The van der Waals surface area contributed by atoms with E-state index in [0.29, 0.717) is 5.92 Å². The molecule has 1 aliphatic rings. The second kappa shape index (κ2) is 6.92. The first-order valence-electron chi connectivity index (χ1n) is 7.27. The SMILES string of the molecule is CC[C@H](O)c1ccc(N(C)CC2CCCOC2)cc1. The van der Waals surface area contributed by atoms with E-state index in [1.54, 1.807) is 0 Å². The quantitative estimate of drug-likeness (QED) is 0.886. The largest absolute Gasteiger partial charge is 0.388 e. The van der Waals surface area contributed by atoms with E-state index in [-0.39, 0.29) is 6.10 Å². The van der Waals surface area contributed by atoms with Crippen molar-refractivity contribution in [2.45, 2.75) is 32.3 Å². The number of hydrogen-bond acceptors (Lipinski definition) is 3. The number of aliphatic hydroxyl groups excluding tert-OH is 1. The lowest BCUT2D eigenvalue weighted by Gasteiger charge is -2.28. The molecule has 0 aromatic heterocycles. The van der Waals surface area contributed by atoms with Gasteiger partial charge in [-0.15, -0.1) is 0 Å². The van der Waals surface area contributed by atoms with Crippen molar-refractivity contribution in [3.8, 4) is 0 Å². The zero-order valence-electron chi connectivity index (χ0n) is 12.0. The first-order chi connectivity index (χ1) is 9.20. The van der Waals surface area contributed by atoms with E-state index in [1.165, 1.54) is 18.5 Å². The average Bonchev–Trinajstić information content (AvgIpc) is 2.47. The van der Waals surface area contributed by atoms with Gasteiger partial charge in [-0.05, 0) is 42.9 Å². The zero-order chi connectivity index (χ0) is 13.7. The van der Waals surface area contributed by atoms with Crippen molar-refractivity contribution in [2.75, 3.05) is 31.7 Å². The zero-order valence-corrected chi connectivity index (χ0v) is 12.0. The first kappa shape index (κ1) is 14.4. The predicted molar refractivity (Wildman–Crippen MR) is 78.5 cm³/mol. The lowest BCUT2D eigenvalue weighted by Crippen LogP contribution is -2.30. The van der Waals surface area contributed by atoms with Crippen molar-refractivity contribution in [3.05, 3.63) is 29.8 Å². The molecule has 1 heterocycles. The summed E-state index contributed by atoms with van der Waals surface area (Å²) in [5.41, 5.74) is 2.21. The van der Waals surface area contributed by atoms with Gasteiger partial charge in [0, 0.05) is 25.9 Å². The molecule has 0 saturated carbocycles. The molecule has 3 heteroatoms. The summed E-state index contributed by atoms with van der Waals surface area (Å²) >= 11 is 0. The number of nitrogens with zero attached hydrogens (tertiary/aromatic N) is 1. The summed E-state index contributed by atoms with van der Waals surface area (Å²) in [5, 5.41) is 9.79. The number of hydrogen-bond donors (Lipinski definition) is 1. The fourth-order valence-electron chi connectivity index (χ4n) is 2.63. The molecule has 1 unspecified atom stereocenters. The normalized spacial score (nSPS) is 21.1. The molecule has 0 radical (unpaired) electrons. The van der Waals surface area contributed by atoms with E-state index in [0.717, 1.165) is 31.7 Å². The van der Waals surface area contributed by atoms with Crippen LogP contribution < -0.4 is 4.90 Å². The van der Waals surface area contributed by atoms with Crippen LogP contribution in [0.5, 0.6) is 0 Å². The summed E-state index contributed by atoms with van der Waals surface area (Å²) in [4.78, 5) is 2.28. The summed E-state index contributed by atoms with van der Waals surface area (Å²) in [6.07, 6.45) is 2.86. The maximum absolute atomic E-state index is 9.79. The van der Waals surface area contributed by atoms with Crippen LogP contribution in [0.1, 0.15) is 37.9 Å². The molecule has 1 N–H and O–H groups in total. The van der Waals surface area contributed by atoms with Crippen LogP contribution in [0.15, 0.2) is 24.3 Å². The van der Waals surface area contributed by atoms with E-state index in [2.05, 4.69) is 24.1 Å². The molecule has 1 aromatic rings. The number of rotatable bonds is 5. The summed E-state index contributed by atoms with van der Waals surface area (Å²) < 4.78 is 5.52. The molecule has 1 aromatic carbocycles. The van der Waals surface area contributed by atoms with Crippen molar-refractivity contribution >= 4 is 5.69 Å².